The molecule has 17 heavy (non-hydrogen) atoms. The minimum Gasteiger partial charge on any atom is -0.313 e. The molecule has 0 saturated carbocycles. The van der Waals surface area contributed by atoms with E-state index in [1.165, 1.54) is 18.6 Å². The minimum absolute atomic E-state index is 0.167. The van der Waals surface area contributed by atoms with Crippen LogP contribution >= 0.6 is 11.8 Å². The van der Waals surface area contributed by atoms with Crippen molar-refractivity contribution in [1.82, 2.24) is 5.32 Å². The van der Waals surface area contributed by atoms with E-state index in [1.807, 2.05) is 12.1 Å². The van der Waals surface area contributed by atoms with E-state index in [1.54, 1.807) is 11.8 Å². The van der Waals surface area contributed by atoms with E-state index >= 15 is 0 Å². The van der Waals surface area contributed by atoms with Crippen LogP contribution in [0, 0.1) is 11.7 Å². The van der Waals surface area contributed by atoms with Crippen molar-refractivity contribution < 1.29 is 4.39 Å². The first-order valence-corrected chi connectivity index (χ1v) is 7.22. The lowest BCUT2D eigenvalue weighted by molar-refractivity contribution is 0.456. The van der Waals surface area contributed by atoms with Gasteiger partial charge in [-0.2, -0.15) is 0 Å². The summed E-state index contributed by atoms with van der Waals surface area (Å²) in [5, 5.41) is 3.50. The number of nitrogens with one attached hydrogen (secondary N) is 1. The van der Waals surface area contributed by atoms with Crippen LogP contribution in [0.5, 0.6) is 0 Å². The van der Waals surface area contributed by atoms with E-state index in [0.29, 0.717) is 12.0 Å². The molecule has 0 fully saturated rings. The summed E-state index contributed by atoms with van der Waals surface area (Å²) in [6.45, 7) is 7.62. The Morgan fingerprint density at radius 1 is 1.24 bits per heavy atom. The van der Waals surface area contributed by atoms with E-state index in [2.05, 4.69) is 26.1 Å². The molecule has 1 rings (SSSR count). The van der Waals surface area contributed by atoms with Gasteiger partial charge in [-0.3, -0.25) is 0 Å². The monoisotopic (exact) mass is 255 g/mol. The van der Waals surface area contributed by atoms with Crippen molar-refractivity contribution in [2.45, 2.75) is 38.1 Å². The van der Waals surface area contributed by atoms with Gasteiger partial charge in [0.2, 0.25) is 0 Å². The molecule has 0 radical (unpaired) electrons. The summed E-state index contributed by atoms with van der Waals surface area (Å²) in [5.41, 5.74) is 0. The predicted octanol–water partition coefficient (Wildman–Crippen LogP) is 3.94. The zero-order valence-corrected chi connectivity index (χ0v) is 11.7. The van der Waals surface area contributed by atoms with E-state index in [9.17, 15) is 4.39 Å². The van der Waals surface area contributed by atoms with E-state index in [0.717, 1.165) is 17.2 Å². The van der Waals surface area contributed by atoms with Gasteiger partial charge in [-0.1, -0.05) is 20.8 Å². The molecule has 1 nitrogen and oxygen atoms in total. The molecule has 0 aliphatic rings. The Bertz CT molecular complexity index is 311. The van der Waals surface area contributed by atoms with Gasteiger partial charge in [0.1, 0.15) is 5.82 Å². The molecule has 0 saturated heterocycles. The van der Waals surface area contributed by atoms with E-state index in [-0.39, 0.29) is 5.82 Å². The van der Waals surface area contributed by atoms with Gasteiger partial charge in [-0.15, -0.1) is 11.8 Å². The molecule has 1 unspecified atom stereocenters. The largest absolute Gasteiger partial charge is 0.313 e. The van der Waals surface area contributed by atoms with Crippen LogP contribution < -0.4 is 5.32 Å². The topological polar surface area (TPSA) is 12.0 Å². The normalized spacial score (nSPS) is 13.0. The summed E-state index contributed by atoms with van der Waals surface area (Å²) in [5.74, 6) is 1.57. The zero-order valence-electron chi connectivity index (χ0n) is 10.9. The molecule has 0 bridgehead atoms. The van der Waals surface area contributed by atoms with Crippen molar-refractivity contribution in [3.63, 3.8) is 0 Å². The van der Waals surface area contributed by atoms with Crippen molar-refractivity contribution >= 4 is 11.8 Å². The summed E-state index contributed by atoms with van der Waals surface area (Å²) in [4.78, 5) is 1.14. The maximum absolute atomic E-state index is 12.8. The summed E-state index contributed by atoms with van der Waals surface area (Å²) in [6, 6.07) is 7.27. The molecule has 0 heterocycles. The van der Waals surface area contributed by atoms with Gasteiger partial charge in [0.05, 0.1) is 0 Å². The van der Waals surface area contributed by atoms with Crippen molar-refractivity contribution in [2.75, 3.05) is 12.3 Å². The van der Waals surface area contributed by atoms with Gasteiger partial charge < -0.3 is 5.32 Å². The van der Waals surface area contributed by atoms with Crippen LogP contribution in [0.3, 0.4) is 0 Å². The quantitative estimate of drug-likeness (QED) is 0.741. The highest BCUT2D eigenvalue weighted by Gasteiger charge is 2.10. The Balaban J connectivity index is 2.42. The number of benzene rings is 1. The molecule has 1 aromatic carbocycles. The van der Waals surface area contributed by atoms with Crippen molar-refractivity contribution in [1.29, 1.82) is 0 Å². The maximum atomic E-state index is 12.8. The van der Waals surface area contributed by atoms with Crippen LogP contribution in [-0.2, 0) is 0 Å². The average Bonchev–Trinajstić information content (AvgIpc) is 2.27. The standard InChI is InChI=1S/C14H22FNS/c1-4-16-13(9-11(2)3)10-17-14-7-5-12(15)6-8-14/h5-8,11,13,16H,4,9-10H2,1-3H3. The van der Waals surface area contributed by atoms with Crippen molar-refractivity contribution in [3.8, 4) is 0 Å². The first kappa shape index (κ1) is 14.5. The number of hydrogen-bond acceptors (Lipinski definition) is 2. The van der Waals surface area contributed by atoms with Crippen molar-refractivity contribution in [2.24, 2.45) is 5.92 Å². The van der Waals surface area contributed by atoms with Crippen LogP contribution in [-0.4, -0.2) is 18.3 Å². The first-order valence-electron chi connectivity index (χ1n) is 6.23. The lowest BCUT2D eigenvalue weighted by Gasteiger charge is -2.19. The van der Waals surface area contributed by atoms with Crippen LogP contribution in [0.4, 0.5) is 4.39 Å². The van der Waals surface area contributed by atoms with Crippen LogP contribution in [0.2, 0.25) is 0 Å². The SMILES string of the molecule is CCNC(CSc1ccc(F)cc1)CC(C)C. The molecule has 1 atom stereocenters. The molecule has 0 aromatic heterocycles. The highest BCUT2D eigenvalue weighted by atomic mass is 32.2. The first-order chi connectivity index (χ1) is 8.11. The summed E-state index contributed by atoms with van der Waals surface area (Å²) in [6.07, 6.45) is 1.18. The average molecular weight is 255 g/mol. The number of thioether (sulfide) groups is 1. The lowest BCUT2D eigenvalue weighted by Crippen LogP contribution is -2.32. The van der Waals surface area contributed by atoms with E-state index in [4.69, 9.17) is 0 Å². The van der Waals surface area contributed by atoms with Crippen LogP contribution in [0.1, 0.15) is 27.2 Å². The Kier molecular flexibility index (Phi) is 6.60. The second-order valence-corrected chi connectivity index (χ2v) is 5.74. The third-order valence-corrected chi connectivity index (χ3v) is 3.69. The fourth-order valence-corrected chi connectivity index (χ4v) is 2.77. The minimum atomic E-state index is -0.167. The van der Waals surface area contributed by atoms with E-state index < -0.39 is 0 Å². The van der Waals surface area contributed by atoms with Gasteiger partial charge in [-0.05, 0) is 43.1 Å². The second-order valence-electron chi connectivity index (χ2n) is 4.65. The highest BCUT2D eigenvalue weighted by Crippen LogP contribution is 2.20. The zero-order chi connectivity index (χ0) is 12.7. The molecule has 0 aliphatic carbocycles. The van der Waals surface area contributed by atoms with Gasteiger partial charge in [0, 0.05) is 16.7 Å². The summed E-state index contributed by atoms with van der Waals surface area (Å²) in [7, 11) is 0. The smallest absolute Gasteiger partial charge is 0.123 e. The van der Waals surface area contributed by atoms with Gasteiger partial charge in [0.15, 0.2) is 0 Å². The van der Waals surface area contributed by atoms with Gasteiger partial charge in [-0.25, -0.2) is 4.39 Å². The molecular formula is C14H22FNS. The molecule has 0 spiro atoms. The number of hydrogen-bond donors (Lipinski definition) is 1. The maximum Gasteiger partial charge on any atom is 0.123 e. The van der Waals surface area contributed by atoms with Crippen molar-refractivity contribution in [3.05, 3.63) is 30.1 Å². The Morgan fingerprint density at radius 2 is 1.88 bits per heavy atom. The van der Waals surface area contributed by atoms with Gasteiger partial charge in [0.25, 0.3) is 0 Å². The molecule has 96 valence electrons. The number of halogens is 1. The second kappa shape index (κ2) is 7.72. The fourth-order valence-electron chi connectivity index (χ4n) is 1.80. The molecule has 1 aromatic rings. The number of rotatable bonds is 7. The Hall–Kier alpha value is -0.540. The highest BCUT2D eigenvalue weighted by molar-refractivity contribution is 7.99. The van der Waals surface area contributed by atoms with Crippen LogP contribution in [0.25, 0.3) is 0 Å². The Morgan fingerprint density at radius 3 is 2.41 bits per heavy atom. The summed E-state index contributed by atoms with van der Waals surface area (Å²) < 4.78 is 12.8. The fraction of sp³-hybridized carbons (Fsp3) is 0.571. The molecule has 1 N–H and O–H groups in total. The molecule has 3 heteroatoms. The lowest BCUT2D eigenvalue weighted by atomic mass is 10.1. The third kappa shape index (κ3) is 6.08. The molecule has 0 amide bonds. The molecular weight excluding hydrogens is 233 g/mol. The Labute approximate surface area is 108 Å². The molecule has 0 aliphatic heterocycles. The predicted molar refractivity (Wildman–Crippen MR) is 74.0 cm³/mol. The third-order valence-electron chi connectivity index (χ3n) is 2.51. The van der Waals surface area contributed by atoms with Gasteiger partial charge >= 0.3 is 0 Å². The summed E-state index contributed by atoms with van der Waals surface area (Å²) >= 11 is 1.79. The van der Waals surface area contributed by atoms with Crippen LogP contribution in [0.15, 0.2) is 29.2 Å².